The lowest BCUT2D eigenvalue weighted by atomic mass is 10.1. The molecule has 0 radical (unpaired) electrons. The monoisotopic (exact) mass is 442 g/mol. The van der Waals surface area contributed by atoms with Crippen LogP contribution >= 0.6 is 23.1 Å². The Bertz CT molecular complexity index is 1050. The fourth-order valence-electron chi connectivity index (χ4n) is 2.52. The van der Waals surface area contributed by atoms with Crippen LogP contribution in [0.5, 0.6) is 17.2 Å². The standard InChI is InChI=1S/C20H18N4O4S2/c1-26-15-8-14(9-16(27-2)17(15)28-3)18(25)22-19-23-24-20(30-19)29-11-13-6-4-12(10-21)5-7-13/h4-9H,11H2,1-3H3,(H,22,23,25). The molecular formula is C20H18N4O4S2. The van der Waals surface area contributed by atoms with E-state index in [9.17, 15) is 4.79 Å². The van der Waals surface area contributed by atoms with E-state index in [1.165, 1.54) is 44.4 Å². The van der Waals surface area contributed by atoms with Crippen LogP contribution in [-0.2, 0) is 5.75 Å². The number of rotatable bonds is 8. The Morgan fingerprint density at radius 2 is 1.77 bits per heavy atom. The van der Waals surface area contributed by atoms with Crippen molar-refractivity contribution in [2.45, 2.75) is 10.1 Å². The van der Waals surface area contributed by atoms with E-state index in [4.69, 9.17) is 19.5 Å². The number of carbonyl (C=O) groups excluding carboxylic acids is 1. The highest BCUT2D eigenvalue weighted by molar-refractivity contribution is 8.00. The Morgan fingerprint density at radius 1 is 1.10 bits per heavy atom. The summed E-state index contributed by atoms with van der Waals surface area (Å²) in [6, 6.07) is 12.6. The molecule has 1 amide bonds. The second-order valence-electron chi connectivity index (χ2n) is 5.84. The summed E-state index contributed by atoms with van der Waals surface area (Å²) < 4.78 is 16.6. The number of nitrogens with zero attached hydrogens (tertiary/aromatic N) is 3. The van der Waals surface area contributed by atoms with Crippen LogP contribution < -0.4 is 19.5 Å². The van der Waals surface area contributed by atoms with Gasteiger partial charge in [-0.1, -0.05) is 35.2 Å². The van der Waals surface area contributed by atoms with Gasteiger partial charge in [0, 0.05) is 11.3 Å². The van der Waals surface area contributed by atoms with Crippen molar-refractivity contribution in [3.8, 4) is 23.3 Å². The molecule has 10 heteroatoms. The summed E-state index contributed by atoms with van der Waals surface area (Å²) in [5.41, 5.74) is 2.03. The molecule has 1 aromatic heterocycles. The Morgan fingerprint density at radius 3 is 2.33 bits per heavy atom. The molecule has 0 bridgehead atoms. The van der Waals surface area contributed by atoms with Gasteiger partial charge in [-0.05, 0) is 29.8 Å². The van der Waals surface area contributed by atoms with Gasteiger partial charge >= 0.3 is 0 Å². The van der Waals surface area contributed by atoms with Crippen LogP contribution in [0.25, 0.3) is 0 Å². The molecule has 8 nitrogen and oxygen atoms in total. The van der Waals surface area contributed by atoms with Crippen LogP contribution in [0, 0.1) is 11.3 Å². The number of methoxy groups -OCH3 is 3. The highest BCUT2D eigenvalue weighted by atomic mass is 32.2. The number of thioether (sulfide) groups is 1. The van der Waals surface area contributed by atoms with E-state index < -0.39 is 0 Å². The first-order chi connectivity index (χ1) is 14.6. The smallest absolute Gasteiger partial charge is 0.257 e. The van der Waals surface area contributed by atoms with Gasteiger partial charge in [0.15, 0.2) is 15.8 Å². The lowest BCUT2D eigenvalue weighted by Crippen LogP contribution is -2.12. The first kappa shape index (κ1) is 21.4. The van der Waals surface area contributed by atoms with E-state index in [0.29, 0.717) is 39.3 Å². The average Bonchev–Trinajstić information content (AvgIpc) is 3.24. The van der Waals surface area contributed by atoms with E-state index in [1.807, 2.05) is 12.1 Å². The van der Waals surface area contributed by atoms with Crippen LogP contribution in [-0.4, -0.2) is 37.4 Å². The molecule has 0 unspecified atom stereocenters. The number of hydrogen-bond donors (Lipinski definition) is 1. The lowest BCUT2D eigenvalue weighted by Gasteiger charge is -2.13. The highest BCUT2D eigenvalue weighted by Crippen LogP contribution is 2.38. The summed E-state index contributed by atoms with van der Waals surface area (Å²) in [7, 11) is 4.47. The van der Waals surface area contributed by atoms with Crippen molar-refractivity contribution in [2.75, 3.05) is 26.6 Å². The summed E-state index contributed by atoms with van der Waals surface area (Å²) in [6.07, 6.45) is 0. The van der Waals surface area contributed by atoms with E-state index in [1.54, 1.807) is 24.3 Å². The fourth-order valence-corrected chi connectivity index (χ4v) is 4.22. The minimum absolute atomic E-state index is 0.339. The molecular weight excluding hydrogens is 424 g/mol. The zero-order chi connectivity index (χ0) is 21.5. The SMILES string of the molecule is COc1cc(C(=O)Nc2nnc(SCc3ccc(C#N)cc3)s2)cc(OC)c1OC. The quantitative estimate of drug-likeness (QED) is 0.412. The molecule has 0 fully saturated rings. The average molecular weight is 443 g/mol. The molecule has 2 aromatic carbocycles. The van der Waals surface area contributed by atoms with Gasteiger partial charge in [-0.2, -0.15) is 5.26 Å². The van der Waals surface area contributed by atoms with Gasteiger partial charge in [0.2, 0.25) is 10.9 Å². The van der Waals surface area contributed by atoms with Crippen molar-refractivity contribution >= 4 is 34.1 Å². The summed E-state index contributed by atoms with van der Waals surface area (Å²) in [5.74, 6) is 1.50. The normalized spacial score (nSPS) is 10.2. The molecule has 1 N–H and O–H groups in total. The highest BCUT2D eigenvalue weighted by Gasteiger charge is 2.18. The number of benzene rings is 2. The zero-order valence-corrected chi connectivity index (χ0v) is 18.1. The third-order valence-corrected chi connectivity index (χ3v) is 6.04. The predicted octanol–water partition coefficient (Wildman–Crippen LogP) is 3.98. The number of hydrogen-bond acceptors (Lipinski definition) is 9. The van der Waals surface area contributed by atoms with Gasteiger partial charge in [0.25, 0.3) is 5.91 Å². The van der Waals surface area contributed by atoms with Crippen LogP contribution in [0.2, 0.25) is 0 Å². The van der Waals surface area contributed by atoms with Crippen LogP contribution in [0.1, 0.15) is 21.5 Å². The Kier molecular flexibility index (Phi) is 7.11. The molecule has 30 heavy (non-hydrogen) atoms. The van der Waals surface area contributed by atoms with Crippen LogP contribution in [0.15, 0.2) is 40.7 Å². The molecule has 3 aromatic rings. The van der Waals surface area contributed by atoms with Gasteiger partial charge in [-0.3, -0.25) is 10.1 Å². The molecule has 154 valence electrons. The van der Waals surface area contributed by atoms with Crippen molar-refractivity contribution in [1.29, 1.82) is 5.26 Å². The maximum absolute atomic E-state index is 12.6. The van der Waals surface area contributed by atoms with E-state index in [-0.39, 0.29) is 5.91 Å². The molecule has 0 aliphatic carbocycles. The van der Waals surface area contributed by atoms with Crippen molar-refractivity contribution in [3.05, 3.63) is 53.1 Å². The number of aromatic nitrogens is 2. The van der Waals surface area contributed by atoms with E-state index >= 15 is 0 Å². The molecule has 0 spiro atoms. The van der Waals surface area contributed by atoms with Gasteiger partial charge in [-0.15, -0.1) is 10.2 Å². The van der Waals surface area contributed by atoms with E-state index in [0.717, 1.165) is 9.90 Å². The largest absolute Gasteiger partial charge is 0.493 e. The third kappa shape index (κ3) is 5.00. The van der Waals surface area contributed by atoms with Gasteiger partial charge in [0.1, 0.15) is 0 Å². The molecule has 0 saturated heterocycles. The Balaban J connectivity index is 1.66. The van der Waals surface area contributed by atoms with Gasteiger partial charge < -0.3 is 14.2 Å². The summed E-state index contributed by atoms with van der Waals surface area (Å²) in [5, 5.41) is 20.1. The molecule has 0 atom stereocenters. The minimum atomic E-state index is -0.367. The summed E-state index contributed by atoms with van der Waals surface area (Å²) in [4.78, 5) is 12.6. The van der Waals surface area contributed by atoms with Gasteiger partial charge in [0.05, 0.1) is 33.0 Å². The molecule has 1 heterocycles. The summed E-state index contributed by atoms with van der Waals surface area (Å²) >= 11 is 2.78. The van der Waals surface area contributed by atoms with Crippen molar-refractivity contribution < 1.29 is 19.0 Å². The zero-order valence-electron chi connectivity index (χ0n) is 16.5. The Labute approximate surface area is 181 Å². The number of anilines is 1. The number of nitrogens with one attached hydrogen (secondary N) is 1. The number of ether oxygens (including phenoxy) is 3. The van der Waals surface area contributed by atoms with Gasteiger partial charge in [-0.25, -0.2) is 0 Å². The lowest BCUT2D eigenvalue weighted by molar-refractivity contribution is 0.102. The number of carbonyl (C=O) groups is 1. The second-order valence-corrected chi connectivity index (χ2v) is 8.04. The maximum Gasteiger partial charge on any atom is 0.257 e. The van der Waals surface area contributed by atoms with E-state index in [2.05, 4.69) is 21.6 Å². The fraction of sp³-hybridized carbons (Fsp3) is 0.200. The van der Waals surface area contributed by atoms with Crippen molar-refractivity contribution in [2.24, 2.45) is 0 Å². The van der Waals surface area contributed by atoms with Crippen molar-refractivity contribution in [3.63, 3.8) is 0 Å². The third-order valence-electron chi connectivity index (χ3n) is 4.00. The van der Waals surface area contributed by atoms with Crippen LogP contribution in [0.3, 0.4) is 0 Å². The second kappa shape index (κ2) is 9.96. The number of amides is 1. The van der Waals surface area contributed by atoms with Crippen LogP contribution in [0.4, 0.5) is 5.13 Å². The first-order valence-corrected chi connectivity index (χ1v) is 10.4. The Hall–Kier alpha value is -3.29. The molecule has 3 rings (SSSR count). The number of nitriles is 1. The minimum Gasteiger partial charge on any atom is -0.493 e. The first-order valence-electron chi connectivity index (χ1n) is 8.64. The summed E-state index contributed by atoms with van der Waals surface area (Å²) in [6.45, 7) is 0. The molecule has 0 aliphatic rings. The predicted molar refractivity (Wildman–Crippen MR) is 115 cm³/mol. The van der Waals surface area contributed by atoms with Crippen molar-refractivity contribution in [1.82, 2.24) is 10.2 Å². The maximum atomic E-state index is 12.6. The molecule has 0 aliphatic heterocycles. The topological polar surface area (TPSA) is 106 Å². The molecule has 0 saturated carbocycles.